The molecule has 0 fully saturated rings. The molecule has 0 aliphatic carbocycles. The van der Waals surface area contributed by atoms with E-state index in [0.717, 1.165) is 24.6 Å². The van der Waals surface area contributed by atoms with Crippen LogP contribution in [0.1, 0.15) is 18.4 Å². The minimum Gasteiger partial charge on any atom is -0.361 e. The molecule has 0 spiro atoms. The number of sulfonamides is 1. The molecule has 23 heavy (non-hydrogen) atoms. The summed E-state index contributed by atoms with van der Waals surface area (Å²) in [7, 11) is -1.51. The Morgan fingerprint density at radius 3 is 2.78 bits per heavy atom. The Morgan fingerprint density at radius 1 is 1.30 bits per heavy atom. The van der Waals surface area contributed by atoms with Gasteiger partial charge in [-0.2, -0.15) is 0 Å². The highest BCUT2D eigenvalue weighted by Crippen LogP contribution is 2.19. The first-order valence-electron chi connectivity index (χ1n) is 7.60. The molecule has 126 valence electrons. The van der Waals surface area contributed by atoms with Gasteiger partial charge < -0.3 is 9.88 Å². The molecule has 0 atom stereocenters. The number of fused-ring (bicyclic) bond motifs is 1. The molecule has 1 aromatic heterocycles. The fraction of sp³-hybridized carbons (Fsp3) is 0.438. The van der Waals surface area contributed by atoms with Gasteiger partial charge in [-0.15, -0.1) is 0 Å². The number of likely N-dealkylation sites (N-methyl/N-ethyl adjacent to an activating group) is 1. The molecular weight excluding hydrogens is 314 g/mol. The topological polar surface area (TPSA) is 82.3 Å². The van der Waals surface area contributed by atoms with Gasteiger partial charge >= 0.3 is 0 Å². The van der Waals surface area contributed by atoms with Crippen molar-refractivity contribution in [2.24, 2.45) is 0 Å². The van der Waals surface area contributed by atoms with Crippen LogP contribution in [0.5, 0.6) is 0 Å². The van der Waals surface area contributed by atoms with E-state index in [1.54, 1.807) is 11.9 Å². The Hall–Kier alpha value is -1.86. The summed E-state index contributed by atoms with van der Waals surface area (Å²) < 4.78 is 24.3. The van der Waals surface area contributed by atoms with Gasteiger partial charge in [0.05, 0.1) is 6.26 Å². The quantitative estimate of drug-likeness (QED) is 0.766. The predicted octanol–water partition coefficient (Wildman–Crippen LogP) is 1.50. The highest BCUT2D eigenvalue weighted by molar-refractivity contribution is 7.88. The SMILES string of the molecule is CN(CCNS(C)(=O)=O)C(=O)CCCc1c[nH]c2ccccc12. The highest BCUT2D eigenvalue weighted by atomic mass is 32.2. The lowest BCUT2D eigenvalue weighted by atomic mass is 10.1. The van der Waals surface area contributed by atoms with Crippen LogP contribution in [0.3, 0.4) is 0 Å². The lowest BCUT2D eigenvalue weighted by Crippen LogP contribution is -2.35. The summed E-state index contributed by atoms with van der Waals surface area (Å²) in [5, 5.41) is 1.20. The summed E-state index contributed by atoms with van der Waals surface area (Å²) in [6, 6.07) is 8.11. The number of aryl methyl sites for hydroxylation is 1. The Morgan fingerprint density at radius 2 is 2.04 bits per heavy atom. The molecule has 2 N–H and O–H groups in total. The van der Waals surface area contributed by atoms with Crippen LogP contribution < -0.4 is 4.72 Å². The minimum atomic E-state index is -3.20. The minimum absolute atomic E-state index is 0.0279. The van der Waals surface area contributed by atoms with Gasteiger partial charge in [-0.1, -0.05) is 18.2 Å². The molecule has 0 aliphatic heterocycles. The second-order valence-corrected chi connectivity index (χ2v) is 7.53. The second kappa shape index (κ2) is 7.61. The summed E-state index contributed by atoms with van der Waals surface area (Å²) in [6.07, 6.45) is 5.16. The monoisotopic (exact) mass is 337 g/mol. The van der Waals surface area contributed by atoms with Gasteiger partial charge in [0.25, 0.3) is 0 Å². The number of aromatic nitrogens is 1. The summed E-state index contributed by atoms with van der Waals surface area (Å²) in [5.41, 5.74) is 2.33. The largest absolute Gasteiger partial charge is 0.361 e. The van der Waals surface area contributed by atoms with Crippen molar-refractivity contribution >= 4 is 26.8 Å². The van der Waals surface area contributed by atoms with Crippen LogP contribution >= 0.6 is 0 Å². The Balaban J connectivity index is 1.76. The Labute approximate surface area is 136 Å². The van der Waals surface area contributed by atoms with Gasteiger partial charge in [0.1, 0.15) is 0 Å². The van der Waals surface area contributed by atoms with E-state index in [-0.39, 0.29) is 12.5 Å². The lowest BCUT2D eigenvalue weighted by molar-refractivity contribution is -0.129. The number of aromatic amines is 1. The zero-order valence-electron chi connectivity index (χ0n) is 13.5. The predicted molar refractivity (Wildman–Crippen MR) is 91.7 cm³/mol. The zero-order valence-corrected chi connectivity index (χ0v) is 14.3. The standard InChI is InChI=1S/C16H23N3O3S/c1-19(11-10-18-23(2,21)22)16(20)9-5-6-13-12-17-15-8-4-3-7-14(13)15/h3-4,7-8,12,17-18H,5-6,9-11H2,1-2H3. The Kier molecular flexibility index (Phi) is 5.79. The van der Waals surface area contributed by atoms with E-state index in [2.05, 4.69) is 15.8 Å². The maximum absolute atomic E-state index is 12.0. The van der Waals surface area contributed by atoms with Crippen LogP contribution in [0.25, 0.3) is 10.9 Å². The first-order chi connectivity index (χ1) is 10.9. The number of benzene rings is 1. The number of para-hydroxylation sites is 1. The van der Waals surface area contributed by atoms with E-state index in [4.69, 9.17) is 0 Å². The number of rotatable bonds is 8. The summed E-state index contributed by atoms with van der Waals surface area (Å²) in [4.78, 5) is 16.8. The average molecular weight is 337 g/mol. The van der Waals surface area contributed by atoms with Gasteiger partial charge in [0.2, 0.25) is 15.9 Å². The molecule has 0 radical (unpaired) electrons. The van der Waals surface area contributed by atoms with Crippen molar-refractivity contribution < 1.29 is 13.2 Å². The van der Waals surface area contributed by atoms with Crippen LogP contribution in [0.4, 0.5) is 0 Å². The zero-order chi connectivity index (χ0) is 16.9. The van der Waals surface area contributed by atoms with Crippen molar-refractivity contribution in [1.82, 2.24) is 14.6 Å². The second-order valence-electron chi connectivity index (χ2n) is 5.69. The third kappa shape index (κ3) is 5.37. The molecule has 2 aromatic rings. The van der Waals surface area contributed by atoms with Crippen LogP contribution in [-0.4, -0.2) is 50.6 Å². The molecular formula is C16H23N3O3S. The number of hydrogen-bond acceptors (Lipinski definition) is 3. The molecule has 1 amide bonds. The van der Waals surface area contributed by atoms with Gasteiger partial charge in [-0.3, -0.25) is 4.79 Å². The number of H-pyrrole nitrogens is 1. The number of carbonyl (C=O) groups excluding carboxylic acids is 1. The van der Waals surface area contributed by atoms with Crippen molar-refractivity contribution in [3.05, 3.63) is 36.0 Å². The van der Waals surface area contributed by atoms with E-state index in [1.165, 1.54) is 10.9 Å². The first-order valence-corrected chi connectivity index (χ1v) is 9.49. The maximum Gasteiger partial charge on any atom is 0.222 e. The average Bonchev–Trinajstić information content (AvgIpc) is 2.89. The van der Waals surface area contributed by atoms with Crippen LogP contribution in [-0.2, 0) is 21.2 Å². The summed E-state index contributed by atoms with van der Waals surface area (Å²) >= 11 is 0. The first kappa shape index (κ1) is 17.5. The normalized spacial score (nSPS) is 11.7. The number of nitrogens with one attached hydrogen (secondary N) is 2. The van der Waals surface area contributed by atoms with E-state index >= 15 is 0 Å². The number of carbonyl (C=O) groups is 1. The van der Waals surface area contributed by atoms with Crippen molar-refractivity contribution in [3.63, 3.8) is 0 Å². The van der Waals surface area contributed by atoms with Gasteiger partial charge in [0, 0.05) is 43.7 Å². The molecule has 1 aromatic carbocycles. The van der Waals surface area contributed by atoms with Crippen molar-refractivity contribution in [2.75, 3.05) is 26.4 Å². The van der Waals surface area contributed by atoms with E-state index in [1.807, 2.05) is 24.4 Å². The molecule has 0 saturated carbocycles. The smallest absolute Gasteiger partial charge is 0.222 e. The molecule has 0 unspecified atom stereocenters. The van der Waals surface area contributed by atoms with Crippen LogP contribution in [0.2, 0.25) is 0 Å². The van der Waals surface area contributed by atoms with Crippen molar-refractivity contribution in [2.45, 2.75) is 19.3 Å². The fourth-order valence-electron chi connectivity index (χ4n) is 2.48. The molecule has 0 aliphatic rings. The number of amides is 1. The van der Waals surface area contributed by atoms with Crippen molar-refractivity contribution in [1.29, 1.82) is 0 Å². The molecule has 2 rings (SSSR count). The number of nitrogens with zero attached hydrogens (tertiary/aromatic N) is 1. The van der Waals surface area contributed by atoms with E-state index in [0.29, 0.717) is 13.0 Å². The van der Waals surface area contributed by atoms with Crippen LogP contribution in [0.15, 0.2) is 30.5 Å². The summed E-state index contributed by atoms with van der Waals surface area (Å²) in [6.45, 7) is 0.614. The maximum atomic E-state index is 12.0. The molecule has 0 saturated heterocycles. The molecule has 0 bridgehead atoms. The molecule has 6 nitrogen and oxygen atoms in total. The van der Waals surface area contributed by atoms with Gasteiger partial charge in [0.15, 0.2) is 0 Å². The van der Waals surface area contributed by atoms with Gasteiger partial charge in [-0.05, 0) is 24.5 Å². The Bertz CT molecular complexity index is 768. The third-order valence-electron chi connectivity index (χ3n) is 3.75. The van der Waals surface area contributed by atoms with E-state index in [9.17, 15) is 13.2 Å². The third-order valence-corrected chi connectivity index (χ3v) is 4.48. The molecule has 7 heteroatoms. The van der Waals surface area contributed by atoms with Crippen molar-refractivity contribution in [3.8, 4) is 0 Å². The molecule has 1 heterocycles. The fourth-order valence-corrected chi connectivity index (χ4v) is 2.94. The number of hydrogen-bond donors (Lipinski definition) is 2. The summed E-state index contributed by atoms with van der Waals surface area (Å²) in [5.74, 6) is 0.0279. The van der Waals surface area contributed by atoms with Crippen LogP contribution in [0, 0.1) is 0 Å². The highest BCUT2D eigenvalue weighted by Gasteiger charge is 2.10. The van der Waals surface area contributed by atoms with E-state index < -0.39 is 10.0 Å². The van der Waals surface area contributed by atoms with Gasteiger partial charge in [-0.25, -0.2) is 13.1 Å². The lowest BCUT2D eigenvalue weighted by Gasteiger charge is -2.17.